The number of hydrogen-bond acceptors (Lipinski definition) is 3. The number of nitrogens with one attached hydrogen (secondary N) is 1. The average Bonchev–Trinajstić information content (AvgIpc) is 2.80. The van der Waals surface area contributed by atoms with E-state index in [1.54, 1.807) is 0 Å². The summed E-state index contributed by atoms with van der Waals surface area (Å²) >= 11 is 0. The molecule has 0 aliphatic heterocycles. The predicted molar refractivity (Wildman–Crippen MR) is 67.5 cm³/mol. The van der Waals surface area contributed by atoms with Gasteiger partial charge >= 0.3 is 0 Å². The molecule has 0 saturated heterocycles. The van der Waals surface area contributed by atoms with Gasteiger partial charge in [0.05, 0.1) is 13.1 Å². The van der Waals surface area contributed by atoms with Gasteiger partial charge < -0.3 is 5.32 Å². The van der Waals surface area contributed by atoms with Crippen LogP contribution < -0.4 is 5.32 Å². The summed E-state index contributed by atoms with van der Waals surface area (Å²) in [6, 6.07) is 4.45. The molecule has 6 heteroatoms. The van der Waals surface area contributed by atoms with Crippen LogP contribution in [0.25, 0.3) is 0 Å². The van der Waals surface area contributed by atoms with Crippen LogP contribution in [-0.4, -0.2) is 20.8 Å². The average molecular weight is 266 g/mol. The third-order valence-electron chi connectivity index (χ3n) is 2.62. The van der Waals surface area contributed by atoms with Crippen molar-refractivity contribution in [1.29, 1.82) is 0 Å². The molecule has 0 unspecified atom stereocenters. The fourth-order valence-corrected chi connectivity index (χ4v) is 1.63. The normalized spacial score (nSPS) is 11.2. The van der Waals surface area contributed by atoms with Gasteiger partial charge in [0, 0.05) is 11.6 Å². The first-order valence-electron chi connectivity index (χ1n) is 6.11. The van der Waals surface area contributed by atoms with Crippen LogP contribution >= 0.6 is 0 Å². The van der Waals surface area contributed by atoms with Crippen LogP contribution in [0.5, 0.6) is 0 Å². The largest absolute Gasteiger partial charge is 0.308 e. The highest BCUT2D eigenvalue weighted by Gasteiger charge is 2.09. The van der Waals surface area contributed by atoms with Gasteiger partial charge in [0.25, 0.3) is 0 Å². The van der Waals surface area contributed by atoms with Crippen LogP contribution in [0.15, 0.2) is 24.5 Å². The molecule has 19 heavy (non-hydrogen) atoms. The Kier molecular flexibility index (Phi) is 4.21. The van der Waals surface area contributed by atoms with E-state index in [2.05, 4.69) is 15.4 Å². The summed E-state index contributed by atoms with van der Waals surface area (Å²) in [5.41, 5.74) is 0.258. The molecule has 0 spiro atoms. The van der Waals surface area contributed by atoms with Crippen molar-refractivity contribution < 1.29 is 8.78 Å². The van der Waals surface area contributed by atoms with Crippen molar-refractivity contribution >= 4 is 0 Å². The second-order valence-electron chi connectivity index (χ2n) is 4.61. The first-order chi connectivity index (χ1) is 9.06. The molecule has 102 valence electrons. The molecule has 1 aromatic carbocycles. The van der Waals surface area contributed by atoms with E-state index in [1.807, 2.05) is 13.8 Å². The summed E-state index contributed by atoms with van der Waals surface area (Å²) in [7, 11) is 0. The summed E-state index contributed by atoms with van der Waals surface area (Å²) < 4.78 is 28.1. The highest BCUT2D eigenvalue weighted by molar-refractivity contribution is 5.18. The number of rotatable bonds is 5. The van der Waals surface area contributed by atoms with E-state index >= 15 is 0 Å². The second kappa shape index (κ2) is 5.88. The van der Waals surface area contributed by atoms with Crippen LogP contribution in [0.1, 0.15) is 25.2 Å². The van der Waals surface area contributed by atoms with E-state index < -0.39 is 11.6 Å². The van der Waals surface area contributed by atoms with E-state index in [4.69, 9.17) is 0 Å². The Morgan fingerprint density at radius 3 is 2.84 bits per heavy atom. The summed E-state index contributed by atoms with van der Waals surface area (Å²) in [4.78, 5) is 4.11. The predicted octanol–water partition coefficient (Wildman–Crippen LogP) is 2.10. The maximum absolute atomic E-state index is 13.5. The van der Waals surface area contributed by atoms with E-state index in [1.165, 1.54) is 23.1 Å². The minimum atomic E-state index is -0.848. The van der Waals surface area contributed by atoms with Gasteiger partial charge in [0.1, 0.15) is 6.33 Å². The third-order valence-corrected chi connectivity index (χ3v) is 2.62. The molecular weight excluding hydrogens is 250 g/mol. The third kappa shape index (κ3) is 3.57. The molecule has 0 bridgehead atoms. The molecule has 0 atom stereocenters. The number of benzene rings is 1. The first-order valence-corrected chi connectivity index (χ1v) is 6.11. The van der Waals surface area contributed by atoms with Gasteiger partial charge in [-0.3, -0.25) is 0 Å². The SMILES string of the molecule is CC(C)NCc1ncn(Cc2cccc(F)c2F)n1. The van der Waals surface area contributed by atoms with Gasteiger partial charge in [0.15, 0.2) is 17.5 Å². The highest BCUT2D eigenvalue weighted by atomic mass is 19.2. The Morgan fingerprint density at radius 1 is 1.32 bits per heavy atom. The molecule has 2 rings (SSSR count). The standard InChI is InChI=1S/C13H16F2N4/c1-9(2)16-6-12-17-8-19(18-12)7-10-4-3-5-11(14)13(10)15/h3-5,8-9,16H,6-7H2,1-2H3. The zero-order valence-electron chi connectivity index (χ0n) is 10.9. The summed E-state index contributed by atoms with van der Waals surface area (Å²) in [6.07, 6.45) is 1.52. The molecule has 1 aromatic heterocycles. The maximum atomic E-state index is 13.5. The Balaban J connectivity index is 2.05. The van der Waals surface area contributed by atoms with Crippen LogP contribution in [0.2, 0.25) is 0 Å². The van der Waals surface area contributed by atoms with E-state index in [9.17, 15) is 8.78 Å². The first kappa shape index (κ1) is 13.6. The summed E-state index contributed by atoms with van der Waals surface area (Å²) in [6.45, 7) is 4.77. The van der Waals surface area contributed by atoms with Crippen molar-refractivity contribution in [3.8, 4) is 0 Å². The molecule has 0 aliphatic carbocycles. The molecule has 0 saturated carbocycles. The maximum Gasteiger partial charge on any atom is 0.164 e. The molecule has 4 nitrogen and oxygen atoms in total. The lowest BCUT2D eigenvalue weighted by atomic mass is 10.2. The van der Waals surface area contributed by atoms with Crippen LogP contribution in [0, 0.1) is 11.6 Å². The minimum Gasteiger partial charge on any atom is -0.308 e. The van der Waals surface area contributed by atoms with E-state index in [0.717, 1.165) is 6.07 Å². The Hall–Kier alpha value is -1.82. The molecular formula is C13H16F2N4. The number of hydrogen-bond donors (Lipinski definition) is 1. The van der Waals surface area contributed by atoms with Crippen molar-refractivity contribution in [2.45, 2.75) is 33.0 Å². The van der Waals surface area contributed by atoms with Crippen molar-refractivity contribution in [2.24, 2.45) is 0 Å². The molecule has 2 aromatic rings. The van der Waals surface area contributed by atoms with E-state index in [-0.39, 0.29) is 12.1 Å². The lowest BCUT2D eigenvalue weighted by Crippen LogP contribution is -2.22. The lowest BCUT2D eigenvalue weighted by molar-refractivity contribution is 0.491. The van der Waals surface area contributed by atoms with Gasteiger partial charge in [-0.05, 0) is 6.07 Å². The van der Waals surface area contributed by atoms with E-state index in [0.29, 0.717) is 18.4 Å². The Labute approximate surface area is 110 Å². The van der Waals surface area contributed by atoms with Crippen LogP contribution in [0.3, 0.4) is 0 Å². The number of halogens is 2. The Bertz CT molecular complexity index is 551. The summed E-state index contributed by atoms with van der Waals surface area (Å²) in [5.74, 6) is -1.05. The quantitative estimate of drug-likeness (QED) is 0.901. The molecule has 1 heterocycles. The van der Waals surface area contributed by atoms with Gasteiger partial charge in [0.2, 0.25) is 0 Å². The van der Waals surface area contributed by atoms with Crippen LogP contribution in [-0.2, 0) is 13.1 Å². The van der Waals surface area contributed by atoms with Crippen molar-refractivity contribution in [3.63, 3.8) is 0 Å². The smallest absolute Gasteiger partial charge is 0.164 e. The molecule has 0 amide bonds. The lowest BCUT2D eigenvalue weighted by Gasteiger charge is -2.05. The fraction of sp³-hybridized carbons (Fsp3) is 0.385. The highest BCUT2D eigenvalue weighted by Crippen LogP contribution is 2.12. The molecule has 0 aliphatic rings. The number of aromatic nitrogens is 3. The van der Waals surface area contributed by atoms with Crippen LogP contribution in [0.4, 0.5) is 8.78 Å². The Morgan fingerprint density at radius 2 is 2.11 bits per heavy atom. The van der Waals surface area contributed by atoms with Gasteiger partial charge in [-0.15, -0.1) is 0 Å². The molecule has 0 fully saturated rings. The van der Waals surface area contributed by atoms with Crippen molar-refractivity contribution in [2.75, 3.05) is 0 Å². The van der Waals surface area contributed by atoms with Gasteiger partial charge in [-0.25, -0.2) is 18.4 Å². The monoisotopic (exact) mass is 266 g/mol. The zero-order chi connectivity index (χ0) is 13.8. The number of nitrogens with zero attached hydrogens (tertiary/aromatic N) is 3. The second-order valence-corrected chi connectivity index (χ2v) is 4.61. The van der Waals surface area contributed by atoms with Gasteiger partial charge in [-0.1, -0.05) is 26.0 Å². The van der Waals surface area contributed by atoms with Crippen molar-refractivity contribution in [3.05, 3.63) is 47.5 Å². The topological polar surface area (TPSA) is 42.7 Å². The molecule has 0 radical (unpaired) electrons. The fourth-order valence-electron chi connectivity index (χ4n) is 1.63. The van der Waals surface area contributed by atoms with Gasteiger partial charge in [-0.2, -0.15) is 5.10 Å². The zero-order valence-corrected chi connectivity index (χ0v) is 10.9. The minimum absolute atomic E-state index is 0.165. The molecule has 1 N–H and O–H groups in total. The van der Waals surface area contributed by atoms with Crippen molar-refractivity contribution in [1.82, 2.24) is 20.1 Å². The summed E-state index contributed by atoms with van der Waals surface area (Å²) in [5, 5.41) is 7.39.